The zero-order chi connectivity index (χ0) is 25.7. The second-order valence-corrected chi connectivity index (χ2v) is 10.3. The van der Waals surface area contributed by atoms with Gasteiger partial charge < -0.3 is 4.90 Å². The molecule has 0 atom stereocenters. The van der Waals surface area contributed by atoms with Gasteiger partial charge in [-0.05, 0) is 41.3 Å². The van der Waals surface area contributed by atoms with Crippen molar-refractivity contribution in [1.82, 2.24) is 14.9 Å². The zero-order valence-corrected chi connectivity index (χ0v) is 22.1. The minimum Gasteiger partial charge on any atom is -0.353 e. The Morgan fingerprint density at radius 3 is 1.89 bits per heavy atom. The van der Waals surface area contributed by atoms with E-state index < -0.39 is 0 Å². The number of aromatic nitrogens is 2. The van der Waals surface area contributed by atoms with Crippen LogP contribution in [-0.4, -0.2) is 41.0 Å². The predicted molar refractivity (Wildman–Crippen MR) is 157 cm³/mol. The maximum atomic E-state index is 6.43. The van der Waals surface area contributed by atoms with Gasteiger partial charge in [0.2, 0.25) is 0 Å². The minimum atomic E-state index is 0.234. The summed E-state index contributed by atoms with van der Waals surface area (Å²) in [5.74, 6) is 1.88. The Morgan fingerprint density at radius 2 is 1.26 bits per heavy atom. The molecule has 0 N–H and O–H groups in total. The van der Waals surface area contributed by atoms with Crippen molar-refractivity contribution in [2.75, 3.05) is 31.1 Å². The van der Waals surface area contributed by atoms with Gasteiger partial charge >= 0.3 is 0 Å². The van der Waals surface area contributed by atoms with E-state index in [4.69, 9.17) is 21.6 Å². The van der Waals surface area contributed by atoms with E-state index >= 15 is 0 Å². The average Bonchev–Trinajstić information content (AvgIpc) is 2.98. The fraction of sp³-hybridized carbons (Fsp3) is 0.212. The summed E-state index contributed by atoms with van der Waals surface area (Å²) in [6.45, 7) is 3.68. The third-order valence-electron chi connectivity index (χ3n) is 7.37. The first-order valence-electron chi connectivity index (χ1n) is 13.3. The summed E-state index contributed by atoms with van der Waals surface area (Å²) in [5, 5.41) is 1.74. The van der Waals surface area contributed by atoms with Crippen LogP contribution in [0.3, 0.4) is 0 Å². The zero-order valence-electron chi connectivity index (χ0n) is 21.4. The summed E-state index contributed by atoms with van der Waals surface area (Å²) < 4.78 is 0. The second-order valence-electron chi connectivity index (χ2n) is 9.86. The molecule has 0 unspecified atom stereocenters. The van der Waals surface area contributed by atoms with Crippen molar-refractivity contribution in [3.63, 3.8) is 0 Å². The molecule has 0 saturated carbocycles. The van der Waals surface area contributed by atoms with E-state index in [-0.39, 0.29) is 6.04 Å². The lowest BCUT2D eigenvalue weighted by atomic mass is 9.96. The van der Waals surface area contributed by atoms with Crippen LogP contribution < -0.4 is 4.90 Å². The van der Waals surface area contributed by atoms with Crippen molar-refractivity contribution in [3.8, 4) is 0 Å². The summed E-state index contributed by atoms with van der Waals surface area (Å²) >= 11 is 6.43. The maximum Gasteiger partial charge on any atom is 0.140 e. The second kappa shape index (κ2) is 11.3. The Labute approximate surface area is 229 Å². The molecule has 5 aromatic rings. The van der Waals surface area contributed by atoms with Gasteiger partial charge in [-0.25, -0.2) is 9.97 Å². The van der Waals surface area contributed by atoms with E-state index in [0.717, 1.165) is 61.6 Å². The van der Waals surface area contributed by atoms with Crippen LogP contribution in [0.4, 0.5) is 5.82 Å². The molecule has 190 valence electrons. The van der Waals surface area contributed by atoms with Crippen LogP contribution in [0.1, 0.15) is 28.6 Å². The quantitative estimate of drug-likeness (QED) is 0.232. The molecule has 0 amide bonds. The van der Waals surface area contributed by atoms with E-state index in [1.165, 1.54) is 16.7 Å². The largest absolute Gasteiger partial charge is 0.353 e. The van der Waals surface area contributed by atoms with Crippen LogP contribution in [0, 0.1) is 0 Å². The Hall–Kier alpha value is -3.73. The molecule has 1 fully saturated rings. The number of aryl methyl sites for hydroxylation is 2. The maximum absolute atomic E-state index is 6.43. The van der Waals surface area contributed by atoms with Crippen LogP contribution in [0.25, 0.3) is 10.9 Å². The van der Waals surface area contributed by atoms with Crippen molar-refractivity contribution in [2.24, 2.45) is 0 Å². The van der Waals surface area contributed by atoms with E-state index in [1.54, 1.807) is 0 Å². The first-order valence-corrected chi connectivity index (χ1v) is 13.7. The number of hydrogen-bond donors (Lipinski definition) is 0. The summed E-state index contributed by atoms with van der Waals surface area (Å²) in [6, 6.07) is 38.4. The van der Waals surface area contributed by atoms with Crippen LogP contribution in [0.15, 0.2) is 109 Å². The summed E-state index contributed by atoms with van der Waals surface area (Å²) in [4.78, 5) is 15.0. The van der Waals surface area contributed by atoms with E-state index in [9.17, 15) is 0 Å². The highest BCUT2D eigenvalue weighted by atomic mass is 35.5. The van der Waals surface area contributed by atoms with Gasteiger partial charge in [-0.3, -0.25) is 4.90 Å². The van der Waals surface area contributed by atoms with Gasteiger partial charge in [-0.15, -0.1) is 0 Å². The van der Waals surface area contributed by atoms with Gasteiger partial charge in [0, 0.05) is 43.0 Å². The highest BCUT2D eigenvalue weighted by Gasteiger charge is 2.28. The van der Waals surface area contributed by atoms with Gasteiger partial charge in [0.05, 0.1) is 11.6 Å². The molecule has 1 aliphatic rings. The molecular weight excluding hydrogens is 488 g/mol. The molecule has 2 heterocycles. The molecule has 5 heteroatoms. The third-order valence-corrected chi connectivity index (χ3v) is 7.61. The number of benzene rings is 4. The minimum absolute atomic E-state index is 0.234. The van der Waals surface area contributed by atoms with Gasteiger partial charge in [-0.2, -0.15) is 0 Å². The number of rotatable bonds is 7. The predicted octanol–water partition coefficient (Wildman–Crippen LogP) is 6.98. The van der Waals surface area contributed by atoms with E-state index in [0.29, 0.717) is 5.02 Å². The highest BCUT2D eigenvalue weighted by Crippen LogP contribution is 2.32. The third kappa shape index (κ3) is 5.42. The molecule has 0 bridgehead atoms. The van der Waals surface area contributed by atoms with Crippen LogP contribution in [0.2, 0.25) is 5.02 Å². The Bertz CT molecular complexity index is 1440. The van der Waals surface area contributed by atoms with E-state index in [2.05, 4.69) is 101 Å². The van der Waals surface area contributed by atoms with E-state index in [1.807, 2.05) is 18.2 Å². The molecule has 0 aliphatic carbocycles. The number of nitrogens with zero attached hydrogens (tertiary/aromatic N) is 4. The first kappa shape index (κ1) is 24.6. The van der Waals surface area contributed by atoms with Gasteiger partial charge in [0.1, 0.15) is 11.6 Å². The number of piperazine rings is 1. The monoisotopic (exact) mass is 518 g/mol. The lowest BCUT2D eigenvalue weighted by molar-refractivity contribution is 0.212. The van der Waals surface area contributed by atoms with Crippen molar-refractivity contribution in [3.05, 3.63) is 137 Å². The Morgan fingerprint density at radius 1 is 0.658 bits per heavy atom. The van der Waals surface area contributed by atoms with Crippen LogP contribution in [0.5, 0.6) is 0 Å². The molecule has 1 saturated heterocycles. The number of fused-ring (bicyclic) bond motifs is 1. The summed E-state index contributed by atoms with van der Waals surface area (Å²) in [6.07, 6.45) is 1.72. The number of anilines is 1. The molecule has 0 radical (unpaired) electrons. The normalized spacial score (nSPS) is 14.3. The SMILES string of the molecule is Clc1ccc2nc(CCc3ccccc3)nc(N3CCN(C(c4ccccc4)c4ccccc4)CC3)c2c1. The van der Waals surface area contributed by atoms with Crippen molar-refractivity contribution >= 4 is 28.3 Å². The molecule has 1 aliphatic heterocycles. The lowest BCUT2D eigenvalue weighted by Gasteiger charge is -2.40. The van der Waals surface area contributed by atoms with Crippen LogP contribution >= 0.6 is 11.6 Å². The smallest absolute Gasteiger partial charge is 0.140 e. The standard InChI is InChI=1S/C33H31ClN4/c34-28-17-18-30-29(24-28)33(36-31(35-30)19-16-25-10-4-1-5-11-25)38-22-20-37(21-23-38)32(26-12-6-2-7-13-26)27-14-8-3-9-15-27/h1-15,17-18,24,32H,16,19-23H2. The molecule has 4 nitrogen and oxygen atoms in total. The van der Waals surface area contributed by atoms with Crippen molar-refractivity contribution < 1.29 is 0 Å². The lowest BCUT2D eigenvalue weighted by Crippen LogP contribution is -2.48. The molecule has 0 spiro atoms. The molecule has 6 rings (SSSR count). The van der Waals surface area contributed by atoms with Crippen molar-refractivity contribution in [2.45, 2.75) is 18.9 Å². The first-order chi connectivity index (χ1) is 18.7. The molecular formula is C33H31ClN4. The Kier molecular flexibility index (Phi) is 7.34. The fourth-order valence-electron chi connectivity index (χ4n) is 5.46. The van der Waals surface area contributed by atoms with Crippen LogP contribution in [-0.2, 0) is 12.8 Å². The Balaban J connectivity index is 1.26. The summed E-state index contributed by atoms with van der Waals surface area (Å²) in [7, 11) is 0. The molecule has 4 aromatic carbocycles. The average molecular weight is 519 g/mol. The topological polar surface area (TPSA) is 32.3 Å². The van der Waals surface area contributed by atoms with Gasteiger partial charge in [-0.1, -0.05) is 103 Å². The number of hydrogen-bond acceptors (Lipinski definition) is 4. The highest BCUT2D eigenvalue weighted by molar-refractivity contribution is 6.31. The molecule has 38 heavy (non-hydrogen) atoms. The number of halogens is 1. The molecule has 1 aromatic heterocycles. The van der Waals surface area contributed by atoms with Crippen molar-refractivity contribution in [1.29, 1.82) is 0 Å². The fourth-order valence-corrected chi connectivity index (χ4v) is 5.63. The van der Waals surface area contributed by atoms with Gasteiger partial charge in [0.25, 0.3) is 0 Å². The van der Waals surface area contributed by atoms with Gasteiger partial charge in [0.15, 0.2) is 0 Å². The summed E-state index contributed by atoms with van der Waals surface area (Å²) in [5.41, 5.74) is 4.91.